The number of hydrogen-bond donors (Lipinski definition) is 1. The van der Waals surface area contributed by atoms with Gasteiger partial charge in [-0.15, -0.1) is 0 Å². The van der Waals surface area contributed by atoms with E-state index in [4.69, 9.17) is 5.73 Å². The second kappa shape index (κ2) is 5.32. The largest absolute Gasteiger partial charge is 0.338 e. The molecule has 1 aromatic carbocycles. The molecule has 1 heterocycles. The Bertz CT molecular complexity index is 377. The van der Waals surface area contributed by atoms with Crippen LogP contribution in [0.3, 0.4) is 0 Å². The lowest BCUT2D eigenvalue weighted by atomic mass is 9.99. The number of carbonyl (C=O) groups excluding carboxylic acids is 1. The van der Waals surface area contributed by atoms with Crippen LogP contribution in [0.15, 0.2) is 30.3 Å². The number of nitrogens with two attached hydrogens (primary N) is 1. The molecule has 0 radical (unpaired) electrons. The van der Waals surface area contributed by atoms with Crippen molar-refractivity contribution in [2.75, 3.05) is 13.1 Å². The standard InChI is InChI=1S/C14H20N2O/c1-11(12-6-3-2-4-7-12)14(17)16-9-5-8-13(16)10-15/h2-4,6-7,11,13H,5,8-10,15H2,1H3. The van der Waals surface area contributed by atoms with E-state index in [1.54, 1.807) is 0 Å². The number of nitrogens with zero attached hydrogens (tertiary/aromatic N) is 1. The normalized spacial score (nSPS) is 21.5. The van der Waals surface area contributed by atoms with Gasteiger partial charge in [0.1, 0.15) is 0 Å². The Morgan fingerprint density at radius 3 is 2.82 bits per heavy atom. The van der Waals surface area contributed by atoms with E-state index < -0.39 is 0 Å². The van der Waals surface area contributed by atoms with Crippen molar-refractivity contribution >= 4 is 5.91 Å². The molecule has 2 N–H and O–H groups in total. The van der Waals surface area contributed by atoms with E-state index in [1.165, 1.54) is 0 Å². The molecule has 1 fully saturated rings. The molecule has 2 atom stereocenters. The van der Waals surface area contributed by atoms with Crippen molar-refractivity contribution in [3.05, 3.63) is 35.9 Å². The molecule has 0 saturated carbocycles. The van der Waals surface area contributed by atoms with Crippen LogP contribution in [-0.4, -0.2) is 29.9 Å². The summed E-state index contributed by atoms with van der Waals surface area (Å²) < 4.78 is 0. The Labute approximate surface area is 103 Å². The molecule has 0 aromatic heterocycles. The molecule has 1 aromatic rings. The predicted octanol–water partition coefficient (Wildman–Crippen LogP) is 1.74. The highest BCUT2D eigenvalue weighted by Crippen LogP contribution is 2.23. The van der Waals surface area contributed by atoms with Gasteiger partial charge in [-0.3, -0.25) is 4.79 Å². The Hall–Kier alpha value is -1.35. The molecule has 2 unspecified atom stereocenters. The monoisotopic (exact) mass is 232 g/mol. The van der Waals surface area contributed by atoms with Crippen LogP contribution in [-0.2, 0) is 4.79 Å². The first-order valence-electron chi connectivity index (χ1n) is 6.29. The molecular formula is C14H20N2O. The summed E-state index contributed by atoms with van der Waals surface area (Å²) in [6.07, 6.45) is 2.12. The minimum absolute atomic E-state index is 0.0663. The Kier molecular flexibility index (Phi) is 3.79. The van der Waals surface area contributed by atoms with Crippen molar-refractivity contribution in [3.63, 3.8) is 0 Å². The first kappa shape index (κ1) is 12.1. The SMILES string of the molecule is CC(C(=O)N1CCCC1CN)c1ccccc1. The minimum Gasteiger partial charge on any atom is -0.338 e. The topological polar surface area (TPSA) is 46.3 Å². The maximum Gasteiger partial charge on any atom is 0.230 e. The number of hydrogen-bond acceptors (Lipinski definition) is 2. The maximum absolute atomic E-state index is 12.4. The number of likely N-dealkylation sites (tertiary alicyclic amines) is 1. The molecule has 0 spiro atoms. The lowest BCUT2D eigenvalue weighted by Crippen LogP contribution is -2.41. The summed E-state index contributed by atoms with van der Waals surface area (Å²) in [5, 5.41) is 0. The molecule has 0 aliphatic carbocycles. The lowest BCUT2D eigenvalue weighted by molar-refractivity contribution is -0.133. The smallest absolute Gasteiger partial charge is 0.230 e. The summed E-state index contributed by atoms with van der Waals surface area (Å²) in [6, 6.07) is 10.2. The fourth-order valence-electron chi connectivity index (χ4n) is 2.50. The average Bonchev–Trinajstić information content (AvgIpc) is 2.86. The van der Waals surface area contributed by atoms with Crippen LogP contribution in [0.1, 0.15) is 31.2 Å². The summed E-state index contributed by atoms with van der Waals surface area (Å²) in [4.78, 5) is 14.3. The van der Waals surface area contributed by atoms with Gasteiger partial charge < -0.3 is 10.6 Å². The Balaban J connectivity index is 2.10. The molecule has 1 saturated heterocycles. The summed E-state index contributed by atoms with van der Waals surface area (Å²) in [5.74, 6) is 0.146. The van der Waals surface area contributed by atoms with Crippen molar-refractivity contribution in [1.82, 2.24) is 4.90 Å². The lowest BCUT2D eigenvalue weighted by Gasteiger charge is -2.26. The van der Waals surface area contributed by atoms with E-state index in [-0.39, 0.29) is 17.9 Å². The second-order valence-electron chi connectivity index (χ2n) is 4.70. The molecule has 2 rings (SSSR count). The highest BCUT2D eigenvalue weighted by molar-refractivity contribution is 5.83. The fourth-order valence-corrected chi connectivity index (χ4v) is 2.50. The zero-order valence-electron chi connectivity index (χ0n) is 10.3. The summed E-state index contributed by atoms with van der Waals surface area (Å²) in [7, 11) is 0. The van der Waals surface area contributed by atoms with Crippen molar-refractivity contribution in [2.24, 2.45) is 5.73 Å². The van der Waals surface area contributed by atoms with Crippen molar-refractivity contribution in [2.45, 2.75) is 31.7 Å². The highest BCUT2D eigenvalue weighted by atomic mass is 16.2. The molecule has 1 amide bonds. The van der Waals surface area contributed by atoms with E-state index in [9.17, 15) is 4.79 Å². The summed E-state index contributed by atoms with van der Waals surface area (Å²) >= 11 is 0. The number of carbonyl (C=O) groups is 1. The highest BCUT2D eigenvalue weighted by Gasteiger charge is 2.30. The van der Waals surface area contributed by atoms with Gasteiger partial charge >= 0.3 is 0 Å². The van der Waals surface area contributed by atoms with Gasteiger partial charge in [0.25, 0.3) is 0 Å². The van der Waals surface area contributed by atoms with Gasteiger partial charge in [0.15, 0.2) is 0 Å². The zero-order chi connectivity index (χ0) is 12.3. The quantitative estimate of drug-likeness (QED) is 0.863. The van der Waals surface area contributed by atoms with E-state index in [0.29, 0.717) is 6.54 Å². The molecule has 0 bridgehead atoms. The van der Waals surface area contributed by atoms with Gasteiger partial charge in [0.05, 0.1) is 5.92 Å². The van der Waals surface area contributed by atoms with Gasteiger partial charge in [0.2, 0.25) is 5.91 Å². The molecule has 3 nitrogen and oxygen atoms in total. The zero-order valence-corrected chi connectivity index (χ0v) is 10.3. The van der Waals surface area contributed by atoms with Crippen molar-refractivity contribution in [1.29, 1.82) is 0 Å². The van der Waals surface area contributed by atoms with Crippen molar-refractivity contribution in [3.8, 4) is 0 Å². The van der Waals surface area contributed by atoms with Gasteiger partial charge in [-0.2, -0.15) is 0 Å². The first-order valence-corrected chi connectivity index (χ1v) is 6.29. The second-order valence-corrected chi connectivity index (χ2v) is 4.70. The maximum atomic E-state index is 12.4. The first-order chi connectivity index (χ1) is 8.24. The third kappa shape index (κ3) is 2.50. The van der Waals surface area contributed by atoms with Gasteiger partial charge in [-0.25, -0.2) is 0 Å². The van der Waals surface area contributed by atoms with Crippen LogP contribution >= 0.6 is 0 Å². The van der Waals surface area contributed by atoms with E-state index >= 15 is 0 Å². The third-order valence-corrected chi connectivity index (χ3v) is 3.60. The molecule has 17 heavy (non-hydrogen) atoms. The molecule has 3 heteroatoms. The Morgan fingerprint density at radius 2 is 2.18 bits per heavy atom. The number of rotatable bonds is 3. The fraction of sp³-hybridized carbons (Fsp3) is 0.500. The van der Waals surface area contributed by atoms with E-state index in [1.807, 2.05) is 42.2 Å². The number of amides is 1. The average molecular weight is 232 g/mol. The minimum atomic E-state index is -0.0663. The summed E-state index contributed by atoms with van der Waals surface area (Å²) in [5.41, 5.74) is 6.79. The third-order valence-electron chi connectivity index (χ3n) is 3.60. The molecule has 1 aliphatic rings. The molecular weight excluding hydrogens is 212 g/mol. The van der Waals surface area contributed by atoms with Crippen LogP contribution in [0, 0.1) is 0 Å². The van der Waals surface area contributed by atoms with Crippen LogP contribution in [0.5, 0.6) is 0 Å². The summed E-state index contributed by atoms with van der Waals surface area (Å²) in [6.45, 7) is 3.41. The van der Waals surface area contributed by atoms with Crippen molar-refractivity contribution < 1.29 is 4.79 Å². The van der Waals surface area contributed by atoms with Crippen LogP contribution in [0.4, 0.5) is 0 Å². The van der Waals surface area contributed by atoms with Gasteiger partial charge in [0, 0.05) is 19.1 Å². The van der Waals surface area contributed by atoms with Gasteiger partial charge in [-0.1, -0.05) is 30.3 Å². The molecule has 1 aliphatic heterocycles. The van der Waals surface area contributed by atoms with E-state index in [0.717, 1.165) is 24.9 Å². The van der Waals surface area contributed by atoms with E-state index in [2.05, 4.69) is 0 Å². The predicted molar refractivity (Wildman–Crippen MR) is 68.6 cm³/mol. The van der Waals surface area contributed by atoms with Gasteiger partial charge in [-0.05, 0) is 25.3 Å². The van der Waals surface area contributed by atoms with Crippen LogP contribution in [0.25, 0.3) is 0 Å². The Morgan fingerprint density at radius 1 is 1.47 bits per heavy atom. The number of benzene rings is 1. The molecule has 92 valence electrons. The van der Waals surface area contributed by atoms with Crippen LogP contribution in [0.2, 0.25) is 0 Å². The van der Waals surface area contributed by atoms with Crippen LogP contribution < -0.4 is 5.73 Å².